The molecule has 0 unspecified atom stereocenters. The van der Waals surface area contributed by atoms with Gasteiger partial charge in [0.15, 0.2) is 23.0 Å². The molecule has 3 aromatic rings. The van der Waals surface area contributed by atoms with Crippen molar-refractivity contribution in [3.63, 3.8) is 0 Å². The van der Waals surface area contributed by atoms with Crippen LogP contribution in [0.5, 0.6) is 11.5 Å². The Labute approximate surface area is 191 Å². The lowest BCUT2D eigenvalue weighted by Gasteiger charge is -2.43. The molecule has 2 aromatic heterocycles. The number of aryl methyl sites for hydroxylation is 1. The number of benzene rings is 1. The van der Waals surface area contributed by atoms with Gasteiger partial charge < -0.3 is 14.7 Å². The van der Waals surface area contributed by atoms with E-state index in [1.807, 2.05) is 19.1 Å². The van der Waals surface area contributed by atoms with Crippen molar-refractivity contribution < 1.29 is 23.4 Å². The van der Waals surface area contributed by atoms with Gasteiger partial charge in [0, 0.05) is 34.1 Å². The molecule has 2 aliphatic rings. The molecule has 0 radical (unpaired) electrons. The van der Waals surface area contributed by atoms with Crippen molar-refractivity contribution >= 4 is 17.2 Å². The van der Waals surface area contributed by atoms with Crippen molar-refractivity contribution in [2.75, 3.05) is 24.8 Å². The van der Waals surface area contributed by atoms with E-state index in [1.54, 1.807) is 17.2 Å². The van der Waals surface area contributed by atoms with Crippen LogP contribution in [0.3, 0.4) is 0 Å². The van der Waals surface area contributed by atoms with Crippen LogP contribution < -0.4 is 15.2 Å². The maximum Gasteiger partial charge on any atom is 0.278 e. The molecule has 10 heteroatoms. The summed E-state index contributed by atoms with van der Waals surface area (Å²) in [7, 11) is 0. The Hall–Kier alpha value is -3.66. The Morgan fingerprint density at radius 3 is 2.70 bits per heavy atom. The summed E-state index contributed by atoms with van der Waals surface area (Å²) in [6, 6.07) is 6.73. The summed E-state index contributed by atoms with van der Waals surface area (Å²) in [5.41, 5.74) is -0.522. The van der Waals surface area contributed by atoms with E-state index >= 15 is 0 Å². The number of carbonyl (C=O) groups excluding carboxylic acids is 1. The maximum absolute atomic E-state index is 14.9. The number of ether oxygens (including phenoxy) is 1. The lowest BCUT2D eigenvalue weighted by atomic mass is 10.0. The predicted molar refractivity (Wildman–Crippen MR) is 118 cm³/mol. The zero-order valence-electron chi connectivity index (χ0n) is 17.5. The molecule has 1 N–H and O–H groups in total. The fourth-order valence-electron chi connectivity index (χ4n) is 4.11. The van der Waals surface area contributed by atoms with Gasteiger partial charge in [-0.1, -0.05) is 6.08 Å². The summed E-state index contributed by atoms with van der Waals surface area (Å²) in [5, 5.41) is 12.2. The zero-order chi connectivity index (χ0) is 23.3. The highest BCUT2D eigenvalue weighted by Gasteiger charge is 2.38. The summed E-state index contributed by atoms with van der Waals surface area (Å²) >= 11 is 1.46. The fraction of sp³-hybridized carbons (Fsp3) is 0.217. The van der Waals surface area contributed by atoms with Gasteiger partial charge in [-0.15, -0.1) is 11.3 Å². The smallest absolute Gasteiger partial charge is 0.278 e. The van der Waals surface area contributed by atoms with Gasteiger partial charge in [-0.2, -0.15) is 4.39 Å². The number of rotatable bonds is 1. The summed E-state index contributed by atoms with van der Waals surface area (Å²) in [6.07, 6.45) is 4.67. The molecule has 7 nitrogen and oxygen atoms in total. The number of nitrogens with zero attached hydrogens (tertiary/aromatic N) is 3. The maximum atomic E-state index is 14.9. The van der Waals surface area contributed by atoms with Crippen molar-refractivity contribution in [3.8, 4) is 11.5 Å². The quantitative estimate of drug-likeness (QED) is 0.552. The largest absolute Gasteiger partial charge is 0.502 e. The molecule has 1 amide bonds. The van der Waals surface area contributed by atoms with Crippen molar-refractivity contribution in [3.05, 3.63) is 91.6 Å². The average Bonchev–Trinajstić information content (AvgIpc) is 3.20. The van der Waals surface area contributed by atoms with Gasteiger partial charge in [0.2, 0.25) is 11.2 Å². The Kier molecular flexibility index (Phi) is 5.16. The first kappa shape index (κ1) is 21.2. The molecule has 2 bridgehead atoms. The van der Waals surface area contributed by atoms with Gasteiger partial charge in [0.05, 0.1) is 0 Å². The van der Waals surface area contributed by atoms with Gasteiger partial charge in [-0.05, 0) is 37.3 Å². The number of hydrogen-bond acceptors (Lipinski definition) is 6. The molecule has 33 heavy (non-hydrogen) atoms. The highest BCUT2D eigenvalue weighted by atomic mass is 32.1. The molecule has 4 heterocycles. The third kappa shape index (κ3) is 3.46. The first-order valence-electron chi connectivity index (χ1n) is 10.2. The standard InChI is InChI=1S/C23H19F2N3O4S/c1-13-4-7-17(33-13)19-14-5-6-15(24)18(25)22(14)32-11-3-2-9-26-12-28(19)27-10-8-16(29)21(30)20(27)23(26)31/h2-8,10,19,30H,9,11-12H2,1H3/b3-2-/t19-/m0/s1. The fourth-order valence-corrected chi connectivity index (χ4v) is 5.11. The van der Waals surface area contributed by atoms with Crippen LogP contribution in [0, 0.1) is 18.6 Å². The van der Waals surface area contributed by atoms with Crippen LogP contribution >= 0.6 is 11.3 Å². The van der Waals surface area contributed by atoms with E-state index < -0.39 is 34.8 Å². The summed E-state index contributed by atoms with van der Waals surface area (Å²) < 4.78 is 36.2. The second kappa shape index (κ2) is 8.04. The van der Waals surface area contributed by atoms with Gasteiger partial charge in [-0.3, -0.25) is 19.3 Å². The van der Waals surface area contributed by atoms with Crippen molar-refractivity contribution in [2.24, 2.45) is 0 Å². The number of aromatic hydroxyl groups is 1. The van der Waals surface area contributed by atoms with Crippen molar-refractivity contribution in [1.29, 1.82) is 0 Å². The molecule has 0 saturated carbocycles. The van der Waals surface area contributed by atoms with Crippen LogP contribution in [0.4, 0.5) is 8.78 Å². The second-order valence-corrected chi connectivity index (χ2v) is 9.06. The van der Waals surface area contributed by atoms with E-state index in [0.717, 1.165) is 21.9 Å². The third-order valence-electron chi connectivity index (χ3n) is 5.66. The van der Waals surface area contributed by atoms with Gasteiger partial charge >= 0.3 is 0 Å². The molecule has 0 spiro atoms. The number of fused-ring (bicyclic) bond motifs is 5. The van der Waals surface area contributed by atoms with Gasteiger partial charge in [-0.25, -0.2) is 4.39 Å². The van der Waals surface area contributed by atoms with Gasteiger partial charge in [0.1, 0.15) is 19.3 Å². The number of halogens is 2. The minimum absolute atomic E-state index is 0.0261. The molecule has 1 aromatic carbocycles. The molecule has 170 valence electrons. The molecule has 0 aliphatic carbocycles. The Morgan fingerprint density at radius 2 is 1.94 bits per heavy atom. The van der Waals surface area contributed by atoms with E-state index in [1.165, 1.54) is 33.2 Å². The second-order valence-electron chi connectivity index (χ2n) is 7.74. The normalized spacial score (nSPS) is 18.8. The SMILES string of the molecule is Cc1ccc([C@@H]2c3ccc(F)c(F)c3OC/C=C\CN3CN2n2ccc(=O)c(O)c2C3=O)s1. The Bertz CT molecular complexity index is 1350. The molecule has 2 aliphatic heterocycles. The summed E-state index contributed by atoms with van der Waals surface area (Å²) in [6.45, 7) is 2.14. The van der Waals surface area contributed by atoms with Crippen molar-refractivity contribution in [2.45, 2.75) is 13.0 Å². The first-order chi connectivity index (χ1) is 15.9. The minimum Gasteiger partial charge on any atom is -0.502 e. The van der Waals surface area contributed by atoms with Crippen LogP contribution in [0.1, 0.15) is 31.8 Å². The number of aromatic nitrogens is 1. The molecular formula is C23H19F2N3O4S. The van der Waals surface area contributed by atoms with Crippen LogP contribution in [0.15, 0.2) is 53.5 Å². The molecule has 1 atom stereocenters. The van der Waals surface area contributed by atoms with Crippen LogP contribution in [-0.4, -0.2) is 40.4 Å². The number of carbonyl (C=O) groups is 1. The lowest BCUT2D eigenvalue weighted by Crippen LogP contribution is -2.55. The lowest BCUT2D eigenvalue weighted by molar-refractivity contribution is 0.0701. The van der Waals surface area contributed by atoms with Crippen molar-refractivity contribution in [1.82, 2.24) is 9.58 Å². The zero-order valence-corrected chi connectivity index (χ0v) is 18.3. The number of amides is 1. The summed E-state index contributed by atoms with van der Waals surface area (Å²) in [5.74, 6) is -3.55. The van der Waals surface area contributed by atoms with E-state index in [0.29, 0.717) is 5.56 Å². The topological polar surface area (TPSA) is 75.0 Å². The Balaban J connectivity index is 1.82. The summed E-state index contributed by atoms with van der Waals surface area (Å²) in [4.78, 5) is 28.5. The Morgan fingerprint density at radius 1 is 1.12 bits per heavy atom. The molecule has 5 rings (SSSR count). The highest BCUT2D eigenvalue weighted by Crippen LogP contribution is 2.41. The van der Waals surface area contributed by atoms with Gasteiger partial charge in [0.25, 0.3) is 5.91 Å². The average molecular weight is 471 g/mol. The number of thiophene rings is 1. The molecular weight excluding hydrogens is 452 g/mol. The number of hydrogen-bond donors (Lipinski definition) is 1. The molecule has 0 fully saturated rings. The van der Waals surface area contributed by atoms with Crippen LogP contribution in [0.2, 0.25) is 0 Å². The van der Waals surface area contributed by atoms with E-state index in [2.05, 4.69) is 0 Å². The minimum atomic E-state index is -1.11. The monoisotopic (exact) mass is 471 g/mol. The predicted octanol–water partition coefficient (Wildman–Crippen LogP) is 3.29. The van der Waals surface area contributed by atoms with E-state index in [9.17, 15) is 23.5 Å². The van der Waals surface area contributed by atoms with Crippen LogP contribution in [0.25, 0.3) is 0 Å². The van der Waals surface area contributed by atoms with E-state index in [-0.39, 0.29) is 31.3 Å². The molecule has 0 saturated heterocycles. The third-order valence-corrected chi connectivity index (χ3v) is 6.71. The van der Waals surface area contributed by atoms with E-state index in [4.69, 9.17) is 4.74 Å². The highest BCUT2D eigenvalue weighted by molar-refractivity contribution is 7.12. The number of pyridine rings is 1. The van der Waals surface area contributed by atoms with Crippen LogP contribution in [-0.2, 0) is 0 Å². The first-order valence-corrected chi connectivity index (χ1v) is 11.0.